The van der Waals surface area contributed by atoms with E-state index in [1.807, 2.05) is 71.7 Å². The molecular formula is C30H28ClN5O2S. The molecule has 1 amide bonds. The number of fused-ring (bicyclic) bond motifs is 1. The van der Waals surface area contributed by atoms with E-state index in [1.54, 1.807) is 28.2 Å². The van der Waals surface area contributed by atoms with Crippen molar-refractivity contribution in [3.63, 3.8) is 0 Å². The van der Waals surface area contributed by atoms with Gasteiger partial charge in [-0.1, -0.05) is 35.9 Å². The molecule has 0 spiro atoms. The second kappa shape index (κ2) is 10.8. The molecule has 7 nitrogen and oxygen atoms in total. The third-order valence-electron chi connectivity index (χ3n) is 7.60. The van der Waals surface area contributed by atoms with Crippen molar-refractivity contribution in [1.29, 1.82) is 0 Å². The first-order chi connectivity index (χ1) is 19.0. The van der Waals surface area contributed by atoms with E-state index in [9.17, 15) is 9.59 Å². The number of aromatic nitrogens is 4. The Hall–Kier alpha value is -3.75. The van der Waals surface area contributed by atoms with Gasteiger partial charge in [0.2, 0.25) is 0 Å². The van der Waals surface area contributed by atoms with Crippen LogP contribution in [0.1, 0.15) is 41.7 Å². The van der Waals surface area contributed by atoms with Gasteiger partial charge in [0.15, 0.2) is 0 Å². The van der Waals surface area contributed by atoms with E-state index in [2.05, 4.69) is 15.3 Å². The summed E-state index contributed by atoms with van der Waals surface area (Å²) in [6, 6.07) is 17.8. The van der Waals surface area contributed by atoms with Crippen molar-refractivity contribution >= 4 is 39.9 Å². The molecule has 0 atom stereocenters. The van der Waals surface area contributed by atoms with Crippen molar-refractivity contribution in [3.05, 3.63) is 99.3 Å². The fourth-order valence-electron chi connectivity index (χ4n) is 5.52. The lowest BCUT2D eigenvalue weighted by atomic mass is 9.85. The SMILES string of the molecule is Cc1ncc(Cl)cc1C(=O)N[C@H]1CC[C@H](Cn2c(=O)n(-c3ccc(-c4cncs4)cc3)c3ccccc32)CC1. The molecule has 6 rings (SSSR count). The van der Waals surface area contributed by atoms with Crippen LogP contribution in [0.4, 0.5) is 0 Å². The Morgan fingerprint density at radius 2 is 1.79 bits per heavy atom. The lowest BCUT2D eigenvalue weighted by Crippen LogP contribution is -2.39. The zero-order chi connectivity index (χ0) is 26.9. The van der Waals surface area contributed by atoms with Gasteiger partial charge in [0.1, 0.15) is 0 Å². The van der Waals surface area contributed by atoms with Crippen LogP contribution in [-0.2, 0) is 6.54 Å². The van der Waals surface area contributed by atoms with Crippen LogP contribution in [0.2, 0.25) is 5.02 Å². The van der Waals surface area contributed by atoms with Crippen molar-refractivity contribution in [1.82, 2.24) is 24.4 Å². The summed E-state index contributed by atoms with van der Waals surface area (Å²) in [6.07, 6.45) is 7.02. The van der Waals surface area contributed by atoms with Crippen molar-refractivity contribution in [3.8, 4) is 16.1 Å². The zero-order valence-electron chi connectivity index (χ0n) is 21.5. The van der Waals surface area contributed by atoms with E-state index in [0.717, 1.165) is 52.8 Å². The Bertz CT molecular complexity index is 1680. The summed E-state index contributed by atoms with van der Waals surface area (Å²) in [5, 5.41) is 3.61. The molecule has 1 N–H and O–H groups in total. The highest BCUT2D eigenvalue weighted by Gasteiger charge is 2.25. The maximum atomic E-state index is 13.7. The van der Waals surface area contributed by atoms with Gasteiger partial charge < -0.3 is 5.32 Å². The minimum Gasteiger partial charge on any atom is -0.349 e. The van der Waals surface area contributed by atoms with Crippen LogP contribution >= 0.6 is 22.9 Å². The van der Waals surface area contributed by atoms with E-state index >= 15 is 0 Å². The molecule has 2 aromatic carbocycles. The van der Waals surface area contributed by atoms with Crippen molar-refractivity contribution in [2.24, 2.45) is 5.92 Å². The van der Waals surface area contributed by atoms with Crippen molar-refractivity contribution in [2.45, 2.75) is 45.2 Å². The first-order valence-electron chi connectivity index (χ1n) is 13.1. The molecular weight excluding hydrogens is 530 g/mol. The van der Waals surface area contributed by atoms with E-state index in [0.29, 0.717) is 28.7 Å². The summed E-state index contributed by atoms with van der Waals surface area (Å²) in [4.78, 5) is 36.0. The van der Waals surface area contributed by atoms with Gasteiger partial charge >= 0.3 is 5.69 Å². The molecule has 0 bridgehead atoms. The van der Waals surface area contributed by atoms with Crippen LogP contribution in [0.25, 0.3) is 27.2 Å². The molecule has 1 saturated carbocycles. The van der Waals surface area contributed by atoms with Gasteiger partial charge in [0.05, 0.1) is 43.4 Å². The van der Waals surface area contributed by atoms with Gasteiger partial charge in [0.25, 0.3) is 5.91 Å². The summed E-state index contributed by atoms with van der Waals surface area (Å²) >= 11 is 7.64. The quantitative estimate of drug-likeness (QED) is 0.267. The molecule has 0 aliphatic heterocycles. The molecule has 39 heavy (non-hydrogen) atoms. The lowest BCUT2D eigenvalue weighted by molar-refractivity contribution is 0.0919. The largest absolute Gasteiger partial charge is 0.349 e. The molecule has 3 aromatic heterocycles. The number of carbonyl (C=O) groups is 1. The Labute approximate surface area is 235 Å². The zero-order valence-corrected chi connectivity index (χ0v) is 23.1. The molecule has 5 aromatic rings. The van der Waals surface area contributed by atoms with Crippen LogP contribution in [0.15, 0.2) is 77.3 Å². The number of pyridine rings is 1. The molecule has 0 saturated heterocycles. The number of hydrogen-bond acceptors (Lipinski definition) is 5. The number of nitrogens with one attached hydrogen (secondary N) is 1. The minimum absolute atomic E-state index is 0.0268. The lowest BCUT2D eigenvalue weighted by Gasteiger charge is -2.29. The normalized spacial score (nSPS) is 17.4. The maximum absolute atomic E-state index is 13.7. The highest BCUT2D eigenvalue weighted by molar-refractivity contribution is 7.13. The third kappa shape index (κ3) is 5.14. The Morgan fingerprint density at radius 3 is 2.51 bits per heavy atom. The number of carbonyl (C=O) groups excluding carboxylic acids is 1. The number of para-hydroxylation sites is 2. The summed E-state index contributed by atoms with van der Waals surface area (Å²) in [5.41, 5.74) is 6.75. The van der Waals surface area contributed by atoms with E-state index in [4.69, 9.17) is 11.6 Å². The monoisotopic (exact) mass is 557 g/mol. The Balaban J connectivity index is 1.18. The second-order valence-electron chi connectivity index (χ2n) is 10.1. The van der Waals surface area contributed by atoms with E-state index < -0.39 is 0 Å². The fraction of sp³-hybridized carbons (Fsp3) is 0.267. The minimum atomic E-state index is -0.133. The van der Waals surface area contributed by atoms with Crippen molar-refractivity contribution < 1.29 is 4.79 Å². The standard InChI is InChI=1S/C30H28ClN5O2S/c1-19-25(14-22(31)15-33-19)29(37)34-23-10-6-20(7-11-23)17-35-26-4-2-3-5-27(26)36(30(35)38)24-12-8-21(9-13-24)28-16-32-18-39-28/h2-5,8-9,12-16,18,20,23H,6-7,10-11,17H2,1H3,(H,34,37)/t20-,23-. The molecule has 3 heterocycles. The van der Waals surface area contributed by atoms with Crippen LogP contribution in [0.3, 0.4) is 0 Å². The third-order valence-corrected chi connectivity index (χ3v) is 8.63. The number of imidazole rings is 1. The summed E-state index contributed by atoms with van der Waals surface area (Å²) in [7, 11) is 0. The maximum Gasteiger partial charge on any atom is 0.333 e. The summed E-state index contributed by atoms with van der Waals surface area (Å²) in [5.74, 6) is 0.227. The highest BCUT2D eigenvalue weighted by Crippen LogP contribution is 2.29. The predicted octanol–water partition coefficient (Wildman–Crippen LogP) is 6.26. The van der Waals surface area contributed by atoms with Crippen molar-refractivity contribution in [2.75, 3.05) is 0 Å². The van der Waals surface area contributed by atoms with Gasteiger partial charge in [0, 0.05) is 25.0 Å². The average molecular weight is 558 g/mol. The molecule has 1 aliphatic carbocycles. The highest BCUT2D eigenvalue weighted by atomic mass is 35.5. The second-order valence-corrected chi connectivity index (χ2v) is 11.4. The summed E-state index contributed by atoms with van der Waals surface area (Å²) in [6.45, 7) is 2.47. The van der Waals surface area contributed by atoms with E-state index in [-0.39, 0.29) is 17.6 Å². The van der Waals surface area contributed by atoms with Gasteiger partial charge in [-0.05, 0) is 74.4 Å². The van der Waals surface area contributed by atoms with Gasteiger partial charge in [-0.15, -0.1) is 11.3 Å². The average Bonchev–Trinajstić information content (AvgIpc) is 3.58. The number of benzene rings is 2. The molecule has 0 radical (unpaired) electrons. The number of hydrogen-bond donors (Lipinski definition) is 1. The molecule has 1 aliphatic rings. The van der Waals surface area contributed by atoms with E-state index in [1.165, 1.54) is 0 Å². The summed E-state index contributed by atoms with van der Waals surface area (Å²) < 4.78 is 3.72. The Morgan fingerprint density at radius 1 is 1.05 bits per heavy atom. The number of nitrogens with zero attached hydrogens (tertiary/aromatic N) is 4. The smallest absolute Gasteiger partial charge is 0.333 e. The first kappa shape index (κ1) is 25.5. The molecule has 0 unspecified atom stereocenters. The molecule has 198 valence electrons. The van der Waals surface area contributed by atoms with Gasteiger partial charge in [-0.3, -0.25) is 23.9 Å². The predicted molar refractivity (Wildman–Crippen MR) is 156 cm³/mol. The van der Waals surface area contributed by atoms with Crippen LogP contribution < -0.4 is 11.0 Å². The molecule has 1 fully saturated rings. The number of amides is 1. The van der Waals surface area contributed by atoms with Gasteiger partial charge in [-0.2, -0.15) is 0 Å². The first-order valence-corrected chi connectivity index (χ1v) is 14.4. The number of halogens is 1. The van der Waals surface area contributed by atoms with Crippen LogP contribution in [0, 0.1) is 12.8 Å². The van der Waals surface area contributed by atoms with Gasteiger partial charge in [-0.25, -0.2) is 4.79 Å². The number of rotatable bonds is 6. The topological polar surface area (TPSA) is 81.8 Å². The number of aryl methyl sites for hydroxylation is 1. The molecule has 9 heteroatoms. The van der Waals surface area contributed by atoms with Crippen LogP contribution in [0.5, 0.6) is 0 Å². The Kier molecular flexibility index (Phi) is 7.06. The number of thiazole rings is 1. The van der Waals surface area contributed by atoms with Crippen LogP contribution in [-0.4, -0.2) is 31.1 Å². The fourth-order valence-corrected chi connectivity index (χ4v) is 6.30.